The number of likely N-dealkylation sites (N-methyl/N-ethyl adjacent to an activating group) is 1. The molecule has 0 radical (unpaired) electrons. The van der Waals surface area contributed by atoms with Crippen LogP contribution in [0.4, 0.5) is 4.79 Å². The number of rotatable bonds is 8. The second-order valence-corrected chi connectivity index (χ2v) is 6.89. The molecule has 0 fully saturated rings. The van der Waals surface area contributed by atoms with E-state index >= 15 is 0 Å². The predicted octanol–water partition coefficient (Wildman–Crippen LogP) is 0.259. The summed E-state index contributed by atoms with van der Waals surface area (Å²) in [6.45, 7) is 0.791. The molecule has 1 unspecified atom stereocenters. The Hall–Kier alpha value is -3.27. The fourth-order valence-corrected chi connectivity index (χ4v) is 3.65. The third-order valence-corrected chi connectivity index (χ3v) is 5.14. The molecule has 1 aromatic rings. The Morgan fingerprint density at radius 3 is 2.67 bits per heavy atom. The van der Waals surface area contributed by atoms with Crippen molar-refractivity contribution < 1.29 is 28.6 Å². The molecule has 0 bridgehead atoms. The molecule has 0 saturated carbocycles. The number of carbonyl (C=O) groups excluding carboxylic acids is 3. The third-order valence-electron chi connectivity index (χ3n) is 5.14. The largest absolute Gasteiger partial charge is 0.493 e. The molecular weight excluding hydrogens is 392 g/mol. The van der Waals surface area contributed by atoms with E-state index in [4.69, 9.17) is 14.2 Å². The number of amides is 4. The van der Waals surface area contributed by atoms with Crippen LogP contribution in [0.5, 0.6) is 11.5 Å². The van der Waals surface area contributed by atoms with Gasteiger partial charge in [0.15, 0.2) is 11.5 Å². The zero-order valence-electron chi connectivity index (χ0n) is 17.5. The maximum Gasteiger partial charge on any atom is 0.322 e. The average molecular weight is 418 g/mol. The van der Waals surface area contributed by atoms with Gasteiger partial charge in [0.25, 0.3) is 5.91 Å². The van der Waals surface area contributed by atoms with Crippen molar-refractivity contribution in [2.75, 3.05) is 54.6 Å². The molecule has 0 aliphatic carbocycles. The molecule has 10 nitrogen and oxygen atoms in total. The Balaban J connectivity index is 1.90. The van der Waals surface area contributed by atoms with Crippen molar-refractivity contribution >= 4 is 17.8 Å². The van der Waals surface area contributed by atoms with E-state index in [0.29, 0.717) is 41.5 Å². The van der Waals surface area contributed by atoms with Crippen LogP contribution in [0.25, 0.3) is 0 Å². The molecule has 3 rings (SSSR count). The third kappa shape index (κ3) is 3.90. The van der Waals surface area contributed by atoms with Gasteiger partial charge in [0.05, 0.1) is 44.7 Å². The number of carbonyl (C=O) groups is 3. The fourth-order valence-electron chi connectivity index (χ4n) is 3.65. The number of ether oxygens (including phenoxy) is 3. The summed E-state index contributed by atoms with van der Waals surface area (Å²) in [7, 11) is 6.16. The van der Waals surface area contributed by atoms with Crippen molar-refractivity contribution in [1.29, 1.82) is 0 Å². The molecule has 2 N–H and O–H groups in total. The van der Waals surface area contributed by atoms with Crippen LogP contribution in [0, 0.1) is 0 Å². The van der Waals surface area contributed by atoms with Crippen LogP contribution in [0.1, 0.15) is 11.6 Å². The van der Waals surface area contributed by atoms with Crippen molar-refractivity contribution in [3.05, 3.63) is 35.0 Å². The lowest BCUT2D eigenvalue weighted by Crippen LogP contribution is -2.45. The Kier molecular flexibility index (Phi) is 6.46. The maximum atomic E-state index is 13.2. The molecule has 0 spiro atoms. The average Bonchev–Trinajstić information content (AvgIpc) is 3.06. The minimum Gasteiger partial charge on any atom is -0.493 e. The molecule has 1 atom stereocenters. The molecule has 30 heavy (non-hydrogen) atoms. The predicted molar refractivity (Wildman–Crippen MR) is 107 cm³/mol. The number of hydrogen-bond acceptors (Lipinski definition) is 6. The van der Waals surface area contributed by atoms with Gasteiger partial charge in [0, 0.05) is 26.3 Å². The fraction of sp³-hybridized carbons (Fsp3) is 0.450. The lowest BCUT2D eigenvalue weighted by molar-refractivity contribution is -0.132. The summed E-state index contributed by atoms with van der Waals surface area (Å²) in [5.74, 6) is 0.321. The van der Waals surface area contributed by atoms with Crippen LogP contribution in [0.15, 0.2) is 29.5 Å². The molecule has 10 heteroatoms. The van der Waals surface area contributed by atoms with Crippen molar-refractivity contribution in [2.24, 2.45) is 0 Å². The summed E-state index contributed by atoms with van der Waals surface area (Å²) in [5, 5.41) is 5.55. The second kappa shape index (κ2) is 9.04. The van der Waals surface area contributed by atoms with Gasteiger partial charge in [-0.2, -0.15) is 0 Å². The van der Waals surface area contributed by atoms with Gasteiger partial charge in [-0.3, -0.25) is 14.5 Å². The zero-order chi connectivity index (χ0) is 21.8. The quantitative estimate of drug-likeness (QED) is 0.586. The first-order valence-corrected chi connectivity index (χ1v) is 9.46. The van der Waals surface area contributed by atoms with Crippen molar-refractivity contribution in [1.82, 2.24) is 20.4 Å². The first kappa shape index (κ1) is 21.4. The van der Waals surface area contributed by atoms with E-state index in [0.717, 1.165) is 0 Å². The lowest BCUT2D eigenvalue weighted by atomic mass is 9.94. The van der Waals surface area contributed by atoms with Gasteiger partial charge < -0.3 is 29.7 Å². The van der Waals surface area contributed by atoms with E-state index in [-0.39, 0.29) is 30.9 Å². The van der Waals surface area contributed by atoms with E-state index in [1.165, 1.54) is 24.0 Å². The highest BCUT2D eigenvalue weighted by Gasteiger charge is 2.44. The normalized spacial score (nSPS) is 18.3. The van der Waals surface area contributed by atoms with E-state index < -0.39 is 6.04 Å². The molecule has 162 valence electrons. The lowest BCUT2D eigenvalue weighted by Gasteiger charge is -2.31. The van der Waals surface area contributed by atoms with Crippen LogP contribution in [0.3, 0.4) is 0 Å². The number of urea groups is 1. The summed E-state index contributed by atoms with van der Waals surface area (Å²) in [4.78, 5) is 40.8. The van der Waals surface area contributed by atoms with E-state index in [1.54, 1.807) is 32.4 Å². The molecule has 4 amide bonds. The zero-order valence-corrected chi connectivity index (χ0v) is 17.5. The van der Waals surface area contributed by atoms with E-state index in [1.807, 2.05) is 0 Å². The van der Waals surface area contributed by atoms with Gasteiger partial charge in [-0.1, -0.05) is 12.1 Å². The maximum absolute atomic E-state index is 13.2. The number of para-hydroxylation sites is 1. The first-order chi connectivity index (χ1) is 14.4. The van der Waals surface area contributed by atoms with Crippen LogP contribution >= 0.6 is 0 Å². The SMILES string of the molecule is COCCNC(=O)CN1CC2=C(C1=O)C(c1cccc(OC)c1OC)NC(=O)N2C. The van der Waals surface area contributed by atoms with Crippen molar-refractivity contribution in [3.8, 4) is 11.5 Å². The number of nitrogens with one attached hydrogen (secondary N) is 2. The van der Waals surface area contributed by atoms with Gasteiger partial charge in [0.1, 0.15) is 6.54 Å². The highest BCUT2D eigenvalue weighted by atomic mass is 16.5. The Bertz CT molecular complexity index is 884. The smallest absolute Gasteiger partial charge is 0.322 e. The molecular formula is C20H26N4O6. The molecule has 1 aromatic carbocycles. The van der Waals surface area contributed by atoms with Crippen LogP contribution in [-0.4, -0.2) is 82.3 Å². The second-order valence-electron chi connectivity index (χ2n) is 6.89. The standard InChI is InChI=1S/C20H26N4O6/c1-23-13-10-24(11-15(25)21-8-9-28-2)19(26)16(13)17(22-20(23)27)12-6-5-7-14(29-3)18(12)30-4/h5-7,17H,8-11H2,1-4H3,(H,21,25)(H,22,27). The van der Waals surface area contributed by atoms with Crippen molar-refractivity contribution in [3.63, 3.8) is 0 Å². The number of nitrogens with zero attached hydrogens (tertiary/aromatic N) is 2. The number of hydrogen-bond donors (Lipinski definition) is 2. The minimum atomic E-state index is -0.720. The molecule has 0 saturated heterocycles. The van der Waals surface area contributed by atoms with Gasteiger partial charge in [-0.15, -0.1) is 0 Å². The monoisotopic (exact) mass is 418 g/mol. The summed E-state index contributed by atoms with van der Waals surface area (Å²) >= 11 is 0. The minimum absolute atomic E-state index is 0.112. The van der Waals surface area contributed by atoms with Crippen molar-refractivity contribution in [2.45, 2.75) is 6.04 Å². The van der Waals surface area contributed by atoms with Crippen LogP contribution < -0.4 is 20.1 Å². The van der Waals surface area contributed by atoms with Gasteiger partial charge >= 0.3 is 6.03 Å². The van der Waals surface area contributed by atoms with Gasteiger partial charge in [0.2, 0.25) is 5.91 Å². The molecule has 2 heterocycles. The van der Waals surface area contributed by atoms with E-state index in [9.17, 15) is 14.4 Å². The first-order valence-electron chi connectivity index (χ1n) is 9.46. The summed E-state index contributed by atoms with van der Waals surface area (Å²) in [6, 6.07) is 4.21. The Labute approximate surface area is 174 Å². The summed E-state index contributed by atoms with van der Waals surface area (Å²) in [6.07, 6.45) is 0. The molecule has 0 aromatic heterocycles. The van der Waals surface area contributed by atoms with Crippen LogP contribution in [-0.2, 0) is 14.3 Å². The highest BCUT2D eigenvalue weighted by molar-refractivity contribution is 6.03. The number of benzene rings is 1. The topological polar surface area (TPSA) is 109 Å². The molecule has 2 aliphatic rings. The summed E-state index contributed by atoms with van der Waals surface area (Å²) < 4.78 is 15.8. The highest BCUT2D eigenvalue weighted by Crippen LogP contribution is 2.42. The van der Waals surface area contributed by atoms with Crippen LogP contribution in [0.2, 0.25) is 0 Å². The Morgan fingerprint density at radius 1 is 1.23 bits per heavy atom. The number of methoxy groups -OCH3 is 3. The van der Waals surface area contributed by atoms with Gasteiger partial charge in [-0.05, 0) is 6.07 Å². The summed E-state index contributed by atoms with van der Waals surface area (Å²) in [5.41, 5.74) is 1.57. The van der Waals surface area contributed by atoms with Gasteiger partial charge in [-0.25, -0.2) is 4.79 Å². The van der Waals surface area contributed by atoms with E-state index in [2.05, 4.69) is 10.6 Å². The Morgan fingerprint density at radius 2 is 2.00 bits per heavy atom. The molecule has 2 aliphatic heterocycles.